The molecule has 0 bridgehead atoms. The second-order valence-electron chi connectivity index (χ2n) is 8.32. The Hall–Kier alpha value is -4.20. The van der Waals surface area contributed by atoms with E-state index in [0.29, 0.717) is 27.1 Å². The van der Waals surface area contributed by atoms with Crippen LogP contribution in [0.5, 0.6) is 5.75 Å². The largest absolute Gasteiger partial charge is 0.508 e. The molecule has 0 amide bonds. The van der Waals surface area contributed by atoms with E-state index >= 15 is 0 Å². The maximum absolute atomic E-state index is 13.6. The molecule has 172 valence electrons. The fourth-order valence-electron chi connectivity index (χ4n) is 4.48. The summed E-state index contributed by atoms with van der Waals surface area (Å²) in [6.07, 6.45) is 3.37. The van der Waals surface area contributed by atoms with Crippen molar-refractivity contribution in [1.29, 1.82) is 0 Å². The summed E-state index contributed by atoms with van der Waals surface area (Å²) in [5.74, 6) is -0.0222. The van der Waals surface area contributed by atoms with E-state index < -0.39 is 5.56 Å². The minimum Gasteiger partial charge on any atom is -0.508 e. The van der Waals surface area contributed by atoms with Crippen LogP contribution in [0.25, 0.3) is 27.7 Å². The van der Waals surface area contributed by atoms with E-state index in [4.69, 9.17) is 9.94 Å². The number of hydrogen-bond acceptors (Lipinski definition) is 6. The number of phenols is 1. The number of fused-ring (bicyclic) bond motifs is 1. The first-order valence-electron chi connectivity index (χ1n) is 11.3. The molecule has 1 aromatic heterocycles. The van der Waals surface area contributed by atoms with Crippen molar-refractivity contribution in [2.45, 2.75) is 19.3 Å². The van der Waals surface area contributed by atoms with Crippen LogP contribution in [-0.4, -0.2) is 40.0 Å². The number of rotatable bonds is 5. The number of nitrogens with zero attached hydrogens (tertiary/aromatic N) is 4. The Morgan fingerprint density at radius 2 is 1.71 bits per heavy atom. The molecular formula is C26H25N4O4+. The maximum Gasteiger partial charge on any atom is 0.342 e. The molecule has 34 heavy (non-hydrogen) atoms. The fourth-order valence-corrected chi connectivity index (χ4v) is 4.48. The zero-order valence-corrected chi connectivity index (χ0v) is 18.8. The lowest BCUT2D eigenvalue weighted by atomic mass is 10.0. The van der Waals surface area contributed by atoms with Gasteiger partial charge >= 0.3 is 5.69 Å². The molecule has 1 aliphatic rings. The molecule has 1 N–H and O–H groups in total. The molecule has 1 aliphatic heterocycles. The van der Waals surface area contributed by atoms with Crippen molar-refractivity contribution in [3.05, 3.63) is 82.0 Å². The summed E-state index contributed by atoms with van der Waals surface area (Å²) in [5.41, 5.74) is 2.33. The number of aromatic hydroxyl groups is 1. The molecule has 8 heteroatoms. The molecule has 0 unspecified atom stereocenters. The van der Waals surface area contributed by atoms with E-state index in [1.807, 2.05) is 42.5 Å². The van der Waals surface area contributed by atoms with Gasteiger partial charge in [0.15, 0.2) is 12.8 Å². The average Bonchev–Trinajstić information content (AvgIpc) is 2.89. The fraction of sp³-hybridized carbons (Fsp3) is 0.231. The predicted molar refractivity (Wildman–Crippen MR) is 131 cm³/mol. The van der Waals surface area contributed by atoms with Gasteiger partial charge in [-0.2, -0.15) is 9.78 Å². The van der Waals surface area contributed by atoms with Crippen molar-refractivity contribution in [2.75, 3.05) is 25.1 Å². The highest BCUT2D eigenvalue weighted by molar-refractivity contribution is 5.94. The Morgan fingerprint density at radius 3 is 2.44 bits per heavy atom. The molecule has 0 aliphatic carbocycles. The van der Waals surface area contributed by atoms with Crippen molar-refractivity contribution < 1.29 is 14.9 Å². The number of benzene rings is 3. The smallest absolute Gasteiger partial charge is 0.342 e. The summed E-state index contributed by atoms with van der Waals surface area (Å²) in [6, 6.07) is 19.5. The summed E-state index contributed by atoms with van der Waals surface area (Å²) >= 11 is 0. The topological polar surface area (TPSA) is 87.7 Å². The quantitative estimate of drug-likeness (QED) is 0.436. The number of aromatic nitrogens is 2. The van der Waals surface area contributed by atoms with Crippen LogP contribution in [-0.2, 0) is 4.84 Å². The third kappa shape index (κ3) is 3.87. The van der Waals surface area contributed by atoms with E-state index in [0.717, 1.165) is 37.2 Å². The van der Waals surface area contributed by atoms with Gasteiger partial charge in [-0.1, -0.05) is 30.3 Å². The number of phenolic OH excluding ortho intramolecular Hbond substituents is 1. The first-order valence-corrected chi connectivity index (χ1v) is 11.3. The summed E-state index contributed by atoms with van der Waals surface area (Å²) in [4.78, 5) is 33.8. The normalized spacial score (nSPS) is 13.7. The molecular weight excluding hydrogens is 432 g/mol. The Labute approximate surface area is 196 Å². The van der Waals surface area contributed by atoms with Crippen molar-refractivity contribution in [1.82, 2.24) is 9.78 Å². The lowest BCUT2D eigenvalue weighted by molar-refractivity contribution is -0.736. The lowest BCUT2D eigenvalue weighted by Gasteiger charge is -2.29. The van der Waals surface area contributed by atoms with E-state index in [2.05, 4.69) is 4.90 Å². The van der Waals surface area contributed by atoms with Crippen molar-refractivity contribution >= 4 is 22.1 Å². The van der Waals surface area contributed by atoms with Crippen molar-refractivity contribution in [3.8, 4) is 22.7 Å². The molecule has 8 nitrogen and oxygen atoms in total. The third-order valence-electron chi connectivity index (χ3n) is 6.20. The molecule has 0 spiro atoms. The van der Waals surface area contributed by atoms with Gasteiger partial charge in [0.25, 0.3) is 10.5 Å². The molecule has 2 heterocycles. The molecule has 0 saturated carbocycles. The third-order valence-corrected chi connectivity index (χ3v) is 6.20. The molecule has 3 aromatic carbocycles. The molecule has 1 fully saturated rings. The molecule has 1 saturated heterocycles. The summed E-state index contributed by atoms with van der Waals surface area (Å²) in [6.45, 7) is 1.82. The van der Waals surface area contributed by atoms with Gasteiger partial charge in [-0.05, 0) is 49.6 Å². The van der Waals surface area contributed by atoms with E-state index in [-0.39, 0.29) is 11.4 Å². The zero-order valence-electron chi connectivity index (χ0n) is 18.8. The van der Waals surface area contributed by atoms with E-state index in [1.165, 1.54) is 30.3 Å². The standard InChI is InChI=1S/C26H24N4O4/c1-34-30(33)23-13-10-19(28-14-6-3-7-15-28)16-24(23)29-26(32)22-17-20(31)11-12-21(22)25(27-29)18-8-4-2-5-9-18/h2,4-5,8-13,16-17H,3,6-7,14-15H2,1H3/p+1. The second kappa shape index (κ2) is 8.97. The summed E-state index contributed by atoms with van der Waals surface area (Å²) < 4.78 is 1.23. The SMILES string of the molecule is CO[N+](=O)c1ccc(N2CCCCC2)cc1-n1nc(-c2ccccc2)c2ccc(O)cc2c1=O. The van der Waals surface area contributed by atoms with Crippen LogP contribution < -0.4 is 10.5 Å². The highest BCUT2D eigenvalue weighted by atomic mass is 16.8. The van der Waals surface area contributed by atoms with Gasteiger partial charge in [-0.15, -0.1) is 0 Å². The van der Waals surface area contributed by atoms with Gasteiger partial charge in [0.05, 0.1) is 16.0 Å². The van der Waals surface area contributed by atoms with Gasteiger partial charge < -0.3 is 10.0 Å². The van der Waals surface area contributed by atoms with Gasteiger partial charge in [0.2, 0.25) is 0 Å². The van der Waals surface area contributed by atoms with Crippen LogP contribution in [0.15, 0.2) is 71.5 Å². The van der Waals surface area contributed by atoms with Gasteiger partial charge in [0.1, 0.15) is 5.75 Å². The van der Waals surface area contributed by atoms with Crippen LogP contribution in [0.1, 0.15) is 19.3 Å². The van der Waals surface area contributed by atoms with E-state index in [1.54, 1.807) is 12.1 Å². The lowest BCUT2D eigenvalue weighted by Crippen LogP contribution is -2.30. The van der Waals surface area contributed by atoms with E-state index in [9.17, 15) is 14.8 Å². The molecule has 5 rings (SSSR count). The number of hydrogen-bond donors (Lipinski definition) is 1. The van der Waals surface area contributed by atoms with Gasteiger partial charge in [-0.3, -0.25) is 4.79 Å². The predicted octanol–water partition coefficient (Wildman–Crippen LogP) is 4.72. The first kappa shape index (κ1) is 21.6. The molecule has 0 radical (unpaired) electrons. The summed E-state index contributed by atoms with van der Waals surface area (Å²) in [7, 11) is 1.28. The zero-order chi connectivity index (χ0) is 23.7. The second-order valence-corrected chi connectivity index (χ2v) is 8.32. The number of anilines is 1. The first-order chi connectivity index (χ1) is 16.6. The van der Waals surface area contributed by atoms with Gasteiger partial charge in [-0.25, -0.2) is 4.84 Å². The monoisotopic (exact) mass is 457 g/mol. The van der Waals surface area contributed by atoms with Crippen LogP contribution in [0.3, 0.4) is 0 Å². The Balaban J connectivity index is 1.80. The Bertz CT molecular complexity index is 1430. The summed E-state index contributed by atoms with van der Waals surface area (Å²) in [5, 5.41) is 15.8. The Morgan fingerprint density at radius 1 is 0.941 bits per heavy atom. The minimum absolute atomic E-state index is 0.0222. The van der Waals surface area contributed by atoms with Crippen LogP contribution in [0.2, 0.25) is 0 Å². The average molecular weight is 458 g/mol. The van der Waals surface area contributed by atoms with Crippen molar-refractivity contribution in [2.24, 2.45) is 0 Å². The van der Waals surface area contributed by atoms with Crippen LogP contribution >= 0.6 is 0 Å². The minimum atomic E-state index is -0.438. The maximum atomic E-state index is 13.6. The number of piperidine rings is 1. The van der Waals surface area contributed by atoms with Crippen LogP contribution in [0, 0.1) is 4.91 Å². The molecule has 0 atom stereocenters. The van der Waals surface area contributed by atoms with Crippen LogP contribution in [0.4, 0.5) is 11.4 Å². The highest BCUT2D eigenvalue weighted by Gasteiger charge is 2.27. The van der Waals surface area contributed by atoms with Crippen molar-refractivity contribution in [3.63, 3.8) is 0 Å². The molecule has 4 aromatic rings. The highest BCUT2D eigenvalue weighted by Crippen LogP contribution is 2.32. The van der Waals surface area contributed by atoms with Gasteiger partial charge in [0, 0.05) is 35.8 Å². The Kier molecular flexibility index (Phi) is 5.71.